The highest BCUT2D eigenvalue weighted by Crippen LogP contribution is 2.32. The molecule has 0 saturated heterocycles. The number of alkyl halides is 3. The van der Waals surface area contributed by atoms with Gasteiger partial charge in [0.05, 0.1) is 16.8 Å². The maximum absolute atomic E-state index is 12.6. The number of nitrogens with one attached hydrogen (secondary N) is 1. The van der Waals surface area contributed by atoms with Crippen LogP contribution in [0, 0.1) is 11.3 Å². The van der Waals surface area contributed by atoms with Crippen molar-refractivity contribution >= 4 is 17.4 Å². The second-order valence-corrected chi connectivity index (χ2v) is 5.09. The number of nitriles is 1. The second kappa shape index (κ2) is 7.41. The van der Waals surface area contributed by atoms with E-state index in [9.17, 15) is 13.2 Å². The molecule has 20 heavy (non-hydrogen) atoms. The monoisotopic (exact) mass is 304 g/mol. The van der Waals surface area contributed by atoms with E-state index in [1.165, 1.54) is 6.07 Å². The Kier molecular flexibility index (Phi) is 6.17. The molecule has 0 saturated carbocycles. The largest absolute Gasteiger partial charge is 0.416 e. The van der Waals surface area contributed by atoms with Gasteiger partial charge in [0, 0.05) is 18.4 Å². The molecular formula is C13H15F3N2OS. The first-order valence-electron chi connectivity index (χ1n) is 5.90. The van der Waals surface area contributed by atoms with Crippen molar-refractivity contribution in [1.82, 2.24) is 0 Å². The summed E-state index contributed by atoms with van der Waals surface area (Å²) in [5.41, 5.74) is -0.542. The zero-order valence-electron chi connectivity index (χ0n) is 10.9. The lowest BCUT2D eigenvalue weighted by Crippen LogP contribution is -2.24. The molecule has 0 bridgehead atoms. The zero-order chi connectivity index (χ0) is 15.2. The molecule has 1 atom stereocenters. The molecule has 0 aliphatic carbocycles. The minimum atomic E-state index is -4.46. The molecule has 0 spiro atoms. The second-order valence-electron chi connectivity index (χ2n) is 4.18. The lowest BCUT2D eigenvalue weighted by atomic mass is 10.1. The van der Waals surface area contributed by atoms with E-state index in [0.29, 0.717) is 17.9 Å². The molecule has 0 aromatic heterocycles. The van der Waals surface area contributed by atoms with E-state index in [1.807, 2.05) is 6.26 Å². The van der Waals surface area contributed by atoms with Crippen LogP contribution in [0.15, 0.2) is 18.2 Å². The van der Waals surface area contributed by atoms with E-state index in [0.717, 1.165) is 12.1 Å². The Morgan fingerprint density at radius 2 is 2.15 bits per heavy atom. The number of anilines is 1. The first-order chi connectivity index (χ1) is 9.42. The van der Waals surface area contributed by atoms with Gasteiger partial charge >= 0.3 is 6.18 Å². The number of aliphatic hydroxyl groups excluding tert-OH is 1. The summed E-state index contributed by atoms with van der Waals surface area (Å²) in [5, 5.41) is 20.9. The first-order valence-corrected chi connectivity index (χ1v) is 7.29. The van der Waals surface area contributed by atoms with Crippen LogP contribution in [-0.4, -0.2) is 29.8 Å². The van der Waals surface area contributed by atoms with Gasteiger partial charge in [0.15, 0.2) is 0 Å². The number of rotatable bonds is 6. The Balaban J connectivity index is 2.98. The van der Waals surface area contributed by atoms with Crippen LogP contribution in [0.4, 0.5) is 18.9 Å². The summed E-state index contributed by atoms with van der Waals surface area (Å²) >= 11 is 1.55. The Morgan fingerprint density at radius 1 is 1.45 bits per heavy atom. The number of halogens is 3. The van der Waals surface area contributed by atoms with Crippen LogP contribution in [0.2, 0.25) is 0 Å². The van der Waals surface area contributed by atoms with Crippen LogP contribution in [-0.2, 0) is 6.18 Å². The molecule has 0 amide bonds. The molecule has 7 heteroatoms. The predicted octanol–water partition coefficient (Wildman–Crippen LogP) is 3.10. The molecule has 0 aliphatic rings. The third-order valence-electron chi connectivity index (χ3n) is 2.67. The third-order valence-corrected chi connectivity index (χ3v) is 3.41. The summed E-state index contributed by atoms with van der Waals surface area (Å²) in [6.45, 7) is -0.0270. The van der Waals surface area contributed by atoms with E-state index in [-0.39, 0.29) is 18.2 Å². The Morgan fingerprint density at radius 3 is 2.65 bits per heavy atom. The number of hydrogen-bond donors (Lipinski definition) is 2. The number of aliphatic hydroxyl groups is 1. The van der Waals surface area contributed by atoms with Gasteiger partial charge in [-0.2, -0.15) is 30.2 Å². The standard InChI is InChI=1S/C13H15F3N2OS/c1-20-8-11(4-5-19)18-12-3-2-10(13(14,15)16)6-9(12)7-17/h2-3,6,11,18-19H,4-5,8H2,1H3/t11-/m1/s1. The third kappa shape index (κ3) is 4.62. The highest BCUT2D eigenvalue weighted by atomic mass is 32.2. The van der Waals surface area contributed by atoms with Crippen LogP contribution >= 0.6 is 11.8 Å². The molecule has 0 unspecified atom stereocenters. The van der Waals surface area contributed by atoms with E-state index in [2.05, 4.69) is 5.32 Å². The van der Waals surface area contributed by atoms with Gasteiger partial charge in [0.25, 0.3) is 0 Å². The van der Waals surface area contributed by atoms with Gasteiger partial charge in [-0.25, -0.2) is 0 Å². The summed E-state index contributed by atoms with van der Waals surface area (Å²) in [6.07, 6.45) is -2.11. The molecule has 110 valence electrons. The Bertz CT molecular complexity index is 479. The predicted molar refractivity (Wildman–Crippen MR) is 73.7 cm³/mol. The van der Waals surface area contributed by atoms with Crippen LogP contribution < -0.4 is 5.32 Å². The molecule has 2 N–H and O–H groups in total. The van der Waals surface area contributed by atoms with Gasteiger partial charge in [-0.1, -0.05) is 0 Å². The fraction of sp³-hybridized carbons (Fsp3) is 0.462. The van der Waals surface area contributed by atoms with E-state index in [1.54, 1.807) is 17.8 Å². The fourth-order valence-electron chi connectivity index (χ4n) is 1.71. The summed E-state index contributed by atoms with van der Waals surface area (Å²) < 4.78 is 37.7. The van der Waals surface area contributed by atoms with Crippen molar-refractivity contribution in [3.8, 4) is 6.07 Å². The van der Waals surface area contributed by atoms with Crippen LogP contribution in [0.1, 0.15) is 17.5 Å². The van der Waals surface area contributed by atoms with Crippen molar-refractivity contribution < 1.29 is 18.3 Å². The molecule has 1 aromatic rings. The van der Waals surface area contributed by atoms with Crippen molar-refractivity contribution in [2.24, 2.45) is 0 Å². The summed E-state index contributed by atoms with van der Waals surface area (Å²) in [7, 11) is 0. The number of thioether (sulfide) groups is 1. The molecular weight excluding hydrogens is 289 g/mol. The van der Waals surface area contributed by atoms with Crippen LogP contribution in [0.5, 0.6) is 0 Å². The topological polar surface area (TPSA) is 56.0 Å². The quantitative estimate of drug-likeness (QED) is 0.848. The molecule has 0 heterocycles. The highest BCUT2D eigenvalue weighted by molar-refractivity contribution is 7.98. The summed E-state index contributed by atoms with van der Waals surface area (Å²) in [5.74, 6) is 0.687. The van der Waals surface area contributed by atoms with E-state index in [4.69, 9.17) is 10.4 Å². The van der Waals surface area contributed by atoms with Gasteiger partial charge in [-0.3, -0.25) is 0 Å². The molecule has 0 fully saturated rings. The molecule has 0 aliphatic heterocycles. The minimum Gasteiger partial charge on any atom is -0.396 e. The van der Waals surface area contributed by atoms with Crippen molar-refractivity contribution in [2.45, 2.75) is 18.6 Å². The lowest BCUT2D eigenvalue weighted by Gasteiger charge is -2.19. The Hall–Kier alpha value is -1.39. The molecule has 1 rings (SSSR count). The average Bonchev–Trinajstić information content (AvgIpc) is 2.38. The SMILES string of the molecule is CSC[C@@H](CCO)Nc1ccc(C(F)(F)F)cc1C#N. The van der Waals surface area contributed by atoms with Crippen LogP contribution in [0.25, 0.3) is 0 Å². The van der Waals surface area contributed by atoms with Gasteiger partial charge in [-0.05, 0) is 30.9 Å². The van der Waals surface area contributed by atoms with Crippen LogP contribution in [0.3, 0.4) is 0 Å². The van der Waals surface area contributed by atoms with Gasteiger partial charge < -0.3 is 10.4 Å². The zero-order valence-corrected chi connectivity index (χ0v) is 11.7. The molecule has 0 radical (unpaired) electrons. The van der Waals surface area contributed by atoms with Gasteiger partial charge in [0.1, 0.15) is 6.07 Å². The van der Waals surface area contributed by atoms with E-state index >= 15 is 0 Å². The van der Waals surface area contributed by atoms with Crippen molar-refractivity contribution in [2.75, 3.05) is 23.9 Å². The van der Waals surface area contributed by atoms with Crippen molar-refractivity contribution in [1.29, 1.82) is 5.26 Å². The van der Waals surface area contributed by atoms with E-state index < -0.39 is 11.7 Å². The van der Waals surface area contributed by atoms with Crippen molar-refractivity contribution in [3.05, 3.63) is 29.3 Å². The van der Waals surface area contributed by atoms with Gasteiger partial charge in [-0.15, -0.1) is 0 Å². The maximum Gasteiger partial charge on any atom is 0.416 e. The van der Waals surface area contributed by atoms with Crippen molar-refractivity contribution in [3.63, 3.8) is 0 Å². The number of benzene rings is 1. The first kappa shape index (κ1) is 16.7. The smallest absolute Gasteiger partial charge is 0.396 e. The molecule has 1 aromatic carbocycles. The highest BCUT2D eigenvalue weighted by Gasteiger charge is 2.31. The van der Waals surface area contributed by atoms with Gasteiger partial charge in [0.2, 0.25) is 0 Å². The molecule has 3 nitrogen and oxygen atoms in total. The normalized spacial score (nSPS) is 12.8. The summed E-state index contributed by atoms with van der Waals surface area (Å²) in [6, 6.07) is 4.70. The summed E-state index contributed by atoms with van der Waals surface area (Å²) in [4.78, 5) is 0. The average molecular weight is 304 g/mol. The lowest BCUT2D eigenvalue weighted by molar-refractivity contribution is -0.137. The fourth-order valence-corrected chi connectivity index (χ4v) is 2.37. The Labute approximate surface area is 119 Å². The number of hydrogen-bond acceptors (Lipinski definition) is 4. The maximum atomic E-state index is 12.6. The number of nitrogens with zero attached hydrogens (tertiary/aromatic N) is 1. The minimum absolute atomic E-state index is 0.0270.